The predicted octanol–water partition coefficient (Wildman–Crippen LogP) is 13.5. The van der Waals surface area contributed by atoms with Gasteiger partial charge in [0.1, 0.15) is 23.1 Å². The van der Waals surface area contributed by atoms with E-state index in [-0.39, 0.29) is 5.41 Å². The van der Waals surface area contributed by atoms with Gasteiger partial charge < -0.3 is 4.74 Å². The second-order valence-corrected chi connectivity index (χ2v) is 15.5. The van der Waals surface area contributed by atoms with Gasteiger partial charge in [-0.3, -0.25) is 9.13 Å². The first-order chi connectivity index (χ1) is 28.5. The summed E-state index contributed by atoms with van der Waals surface area (Å²) in [6, 6.07) is 68.2. The van der Waals surface area contributed by atoms with Gasteiger partial charge in [0, 0.05) is 39.0 Å². The number of aromatic nitrogens is 4. The number of nitrogens with zero attached hydrogens (tertiary/aromatic N) is 4. The molecule has 8 aromatic carbocycles. The van der Waals surface area contributed by atoms with Crippen LogP contribution in [-0.2, 0) is 5.41 Å². The van der Waals surface area contributed by atoms with Crippen LogP contribution in [0.1, 0.15) is 25.0 Å². The maximum absolute atomic E-state index is 6.59. The third-order valence-corrected chi connectivity index (χ3v) is 11.6. The maximum Gasteiger partial charge on any atom is 0.145 e. The Morgan fingerprint density at radius 2 is 0.741 bits per heavy atom. The summed E-state index contributed by atoms with van der Waals surface area (Å²) >= 11 is 0. The van der Waals surface area contributed by atoms with Crippen molar-refractivity contribution in [2.45, 2.75) is 19.3 Å². The van der Waals surface area contributed by atoms with E-state index in [1.807, 2.05) is 24.3 Å². The van der Waals surface area contributed by atoms with E-state index < -0.39 is 0 Å². The number of para-hydroxylation sites is 6. The molecule has 0 saturated heterocycles. The summed E-state index contributed by atoms with van der Waals surface area (Å²) in [5, 5.41) is 0. The lowest BCUT2D eigenvalue weighted by atomic mass is 9.74. The summed E-state index contributed by atoms with van der Waals surface area (Å²) in [4.78, 5) is 10.1. The zero-order chi connectivity index (χ0) is 38.8. The molecule has 5 nitrogen and oxygen atoms in total. The lowest BCUT2D eigenvalue weighted by Crippen LogP contribution is -2.24. The van der Waals surface area contributed by atoms with Crippen LogP contribution in [0.4, 0.5) is 0 Å². The van der Waals surface area contributed by atoms with Crippen LogP contribution in [0.2, 0.25) is 0 Å². The van der Waals surface area contributed by atoms with Crippen molar-refractivity contribution in [3.05, 3.63) is 205 Å². The minimum atomic E-state index is -0.296. The second kappa shape index (κ2) is 13.3. The number of fused-ring (bicyclic) bond motifs is 4. The first-order valence-corrected chi connectivity index (χ1v) is 19.7. The molecule has 2 aromatic heterocycles. The molecular weight excluding hydrogens is 709 g/mol. The van der Waals surface area contributed by atoms with Crippen LogP contribution in [0.5, 0.6) is 11.5 Å². The molecule has 58 heavy (non-hydrogen) atoms. The van der Waals surface area contributed by atoms with Crippen molar-refractivity contribution in [3.8, 4) is 67.9 Å². The average Bonchev–Trinajstić information content (AvgIpc) is 3.87. The molecule has 0 fully saturated rings. The quantitative estimate of drug-likeness (QED) is 0.170. The SMILES string of the molecule is CC1(C)c2cc(-c3ccc(-c4nc5ccccc5n4-c4ccccc4)cc3)ccc2Oc2ccc(-c3ccc(-c4nc5ccccc5n4-c4ccccc4)cc3)cc21. The van der Waals surface area contributed by atoms with Crippen molar-refractivity contribution in [3.63, 3.8) is 0 Å². The molecule has 3 heterocycles. The Morgan fingerprint density at radius 3 is 1.17 bits per heavy atom. The van der Waals surface area contributed by atoms with E-state index in [1.165, 1.54) is 11.1 Å². The highest BCUT2D eigenvalue weighted by molar-refractivity contribution is 5.85. The van der Waals surface area contributed by atoms with Gasteiger partial charge in [0.15, 0.2) is 0 Å². The fourth-order valence-electron chi connectivity index (χ4n) is 8.58. The van der Waals surface area contributed by atoms with Crippen LogP contribution in [0.25, 0.3) is 78.5 Å². The van der Waals surface area contributed by atoms with Crippen molar-refractivity contribution >= 4 is 22.1 Å². The monoisotopic (exact) mass is 746 g/mol. The van der Waals surface area contributed by atoms with E-state index in [2.05, 4.69) is 193 Å². The third-order valence-electron chi connectivity index (χ3n) is 11.6. The molecule has 1 aliphatic heterocycles. The molecule has 5 heteroatoms. The summed E-state index contributed by atoms with van der Waals surface area (Å²) in [7, 11) is 0. The Bertz CT molecular complexity index is 2930. The molecule has 0 spiro atoms. The first-order valence-electron chi connectivity index (χ1n) is 19.7. The standard InChI is InChI=1S/C53H38N4O/c1-53(2)43-33-39(35-21-25-37(26-22-35)51-54-45-17-9-11-19-47(45)56(51)41-13-5-3-6-14-41)29-31-49(43)58-50-32-30-40(34-44(50)53)36-23-27-38(28-24-36)52-55-46-18-10-12-20-48(46)57(52)42-15-7-4-8-16-42/h3-34H,1-2H3. The molecule has 0 atom stereocenters. The largest absolute Gasteiger partial charge is 0.457 e. The van der Waals surface area contributed by atoms with Gasteiger partial charge in [-0.2, -0.15) is 0 Å². The lowest BCUT2D eigenvalue weighted by molar-refractivity contribution is 0.418. The van der Waals surface area contributed by atoms with E-state index in [4.69, 9.17) is 14.7 Å². The fraction of sp³-hybridized carbons (Fsp3) is 0.0566. The molecule has 0 amide bonds. The van der Waals surface area contributed by atoms with E-state index in [1.54, 1.807) is 0 Å². The van der Waals surface area contributed by atoms with Gasteiger partial charge in [-0.25, -0.2) is 9.97 Å². The molecule has 10 aromatic rings. The molecule has 276 valence electrons. The van der Waals surface area contributed by atoms with Crippen molar-refractivity contribution < 1.29 is 4.74 Å². The summed E-state index contributed by atoms with van der Waals surface area (Å²) < 4.78 is 11.1. The smallest absolute Gasteiger partial charge is 0.145 e. The molecule has 0 radical (unpaired) electrons. The van der Waals surface area contributed by atoms with Gasteiger partial charge in [-0.15, -0.1) is 0 Å². The van der Waals surface area contributed by atoms with Gasteiger partial charge >= 0.3 is 0 Å². The van der Waals surface area contributed by atoms with Crippen LogP contribution in [0, 0.1) is 0 Å². The van der Waals surface area contributed by atoms with Crippen LogP contribution in [0.3, 0.4) is 0 Å². The van der Waals surface area contributed by atoms with Crippen molar-refractivity contribution in [1.82, 2.24) is 19.1 Å². The third kappa shape index (κ3) is 5.54. The van der Waals surface area contributed by atoms with Crippen LogP contribution in [0.15, 0.2) is 194 Å². The summed E-state index contributed by atoms with van der Waals surface area (Å²) in [5.74, 6) is 3.64. The number of rotatable bonds is 6. The topological polar surface area (TPSA) is 44.9 Å². The van der Waals surface area contributed by atoms with E-state index in [9.17, 15) is 0 Å². The summed E-state index contributed by atoms with van der Waals surface area (Å²) in [5.41, 5.74) is 15.1. The highest BCUT2D eigenvalue weighted by atomic mass is 16.5. The Balaban J connectivity index is 0.904. The minimum absolute atomic E-state index is 0.296. The maximum atomic E-state index is 6.59. The van der Waals surface area contributed by atoms with Gasteiger partial charge in [0.25, 0.3) is 0 Å². The summed E-state index contributed by atoms with van der Waals surface area (Å²) in [6.07, 6.45) is 0. The molecule has 0 bridgehead atoms. The van der Waals surface area contributed by atoms with Crippen LogP contribution >= 0.6 is 0 Å². The Kier molecular flexibility index (Phi) is 7.76. The number of imidazole rings is 2. The van der Waals surface area contributed by atoms with Gasteiger partial charge in [0.05, 0.1) is 22.1 Å². The van der Waals surface area contributed by atoms with Crippen molar-refractivity contribution in [2.75, 3.05) is 0 Å². The minimum Gasteiger partial charge on any atom is -0.457 e. The van der Waals surface area contributed by atoms with Crippen LogP contribution in [-0.4, -0.2) is 19.1 Å². The number of ether oxygens (including phenoxy) is 1. The second-order valence-electron chi connectivity index (χ2n) is 15.5. The molecule has 1 aliphatic rings. The number of benzene rings is 8. The highest BCUT2D eigenvalue weighted by Crippen LogP contribution is 2.50. The van der Waals surface area contributed by atoms with E-state index >= 15 is 0 Å². The fourth-order valence-corrected chi connectivity index (χ4v) is 8.58. The van der Waals surface area contributed by atoms with Crippen molar-refractivity contribution in [1.29, 1.82) is 0 Å². The Morgan fingerprint density at radius 1 is 0.379 bits per heavy atom. The predicted molar refractivity (Wildman–Crippen MR) is 236 cm³/mol. The average molecular weight is 747 g/mol. The van der Waals surface area contributed by atoms with Gasteiger partial charge in [0.2, 0.25) is 0 Å². The first kappa shape index (κ1) is 33.8. The zero-order valence-electron chi connectivity index (χ0n) is 32.2. The summed E-state index contributed by atoms with van der Waals surface area (Å²) in [6.45, 7) is 4.60. The Hall–Kier alpha value is -7.50. The number of hydrogen-bond acceptors (Lipinski definition) is 3. The molecule has 0 N–H and O–H groups in total. The van der Waals surface area contributed by atoms with Gasteiger partial charge in [-0.05, 0) is 95.1 Å². The van der Waals surface area contributed by atoms with Crippen LogP contribution < -0.4 is 4.74 Å². The number of hydrogen-bond donors (Lipinski definition) is 0. The Labute approximate surface area is 337 Å². The van der Waals surface area contributed by atoms with E-state index in [0.29, 0.717) is 0 Å². The van der Waals surface area contributed by atoms with E-state index in [0.717, 1.165) is 90.0 Å². The molecule has 11 rings (SSSR count). The van der Waals surface area contributed by atoms with Crippen molar-refractivity contribution in [2.24, 2.45) is 0 Å². The molecule has 0 unspecified atom stereocenters. The lowest BCUT2D eigenvalue weighted by Gasteiger charge is -2.35. The van der Waals surface area contributed by atoms with Gasteiger partial charge in [-0.1, -0.05) is 135 Å². The zero-order valence-corrected chi connectivity index (χ0v) is 32.2. The highest BCUT2D eigenvalue weighted by Gasteiger charge is 2.35. The molecule has 0 saturated carbocycles. The molecule has 0 aliphatic carbocycles. The molecular formula is C53H38N4O. The normalized spacial score (nSPS) is 12.9.